The molecule has 2 aromatic carbocycles. The van der Waals surface area contributed by atoms with Gasteiger partial charge in [-0.25, -0.2) is 4.98 Å². The number of aryl methyl sites for hydroxylation is 1. The lowest BCUT2D eigenvalue weighted by atomic mass is 10.00. The van der Waals surface area contributed by atoms with E-state index in [9.17, 15) is 0 Å². The lowest BCUT2D eigenvalue weighted by molar-refractivity contribution is 0.495. The average molecular weight is 426 g/mol. The fraction of sp³-hybridized carbons (Fsp3) is 0.250. The predicted molar refractivity (Wildman–Crippen MR) is 113 cm³/mol. The zero-order chi connectivity index (χ0) is 18.6. The maximum Gasteiger partial charge on any atom is 0.0946 e. The maximum atomic E-state index is 6.43. The molecule has 6 heteroatoms. The van der Waals surface area contributed by atoms with Gasteiger partial charge in [-0.2, -0.15) is 0 Å². The highest BCUT2D eigenvalue weighted by atomic mass is 35.5. The highest BCUT2D eigenvalue weighted by molar-refractivity contribution is 8.00. The Morgan fingerprint density at radius 2 is 1.85 bits per heavy atom. The van der Waals surface area contributed by atoms with Gasteiger partial charge in [-0.15, -0.1) is 11.8 Å². The molecule has 0 fully saturated rings. The van der Waals surface area contributed by atoms with E-state index in [4.69, 9.17) is 34.8 Å². The van der Waals surface area contributed by atoms with Gasteiger partial charge in [-0.1, -0.05) is 53.0 Å². The fourth-order valence-electron chi connectivity index (χ4n) is 2.82. The van der Waals surface area contributed by atoms with Crippen LogP contribution in [0, 0.1) is 0 Å². The summed E-state index contributed by atoms with van der Waals surface area (Å²) in [5.74, 6) is 0. The van der Waals surface area contributed by atoms with Crippen LogP contribution in [0.5, 0.6) is 0 Å². The minimum absolute atomic E-state index is 0.0747. The number of hydrogen-bond acceptors (Lipinski definition) is 2. The van der Waals surface area contributed by atoms with E-state index < -0.39 is 0 Å². The molecule has 0 aliphatic heterocycles. The van der Waals surface area contributed by atoms with Crippen molar-refractivity contribution < 1.29 is 0 Å². The Kier molecular flexibility index (Phi) is 6.57. The fourth-order valence-corrected chi connectivity index (χ4v) is 4.71. The molecule has 3 rings (SSSR count). The second kappa shape index (κ2) is 8.71. The van der Waals surface area contributed by atoms with Crippen LogP contribution in [0.15, 0.2) is 66.1 Å². The molecule has 0 spiro atoms. The van der Waals surface area contributed by atoms with Gasteiger partial charge in [0, 0.05) is 33.6 Å². The maximum absolute atomic E-state index is 6.43. The van der Waals surface area contributed by atoms with Crippen LogP contribution in [-0.2, 0) is 13.0 Å². The predicted octanol–water partition coefficient (Wildman–Crippen LogP) is 7.03. The Labute approximate surface area is 173 Å². The standard InChI is InChI=1S/C20H19Cl3N2S/c1-20(13-25-12-11-24-14-25,10-9-15-5-7-16(21)8-6-15)26-18-4-2-3-17(22)19(18)23/h2-8,11-12,14H,9-10,13H2,1H3. The van der Waals surface area contributed by atoms with Crippen LogP contribution in [0.3, 0.4) is 0 Å². The van der Waals surface area contributed by atoms with Gasteiger partial charge in [0.2, 0.25) is 0 Å². The largest absolute Gasteiger partial charge is 0.336 e. The third-order valence-electron chi connectivity index (χ3n) is 4.20. The van der Waals surface area contributed by atoms with Gasteiger partial charge in [-0.3, -0.25) is 0 Å². The number of hydrogen-bond donors (Lipinski definition) is 0. The molecule has 0 radical (unpaired) electrons. The topological polar surface area (TPSA) is 17.8 Å². The zero-order valence-electron chi connectivity index (χ0n) is 14.3. The molecular weight excluding hydrogens is 407 g/mol. The molecule has 2 nitrogen and oxygen atoms in total. The van der Waals surface area contributed by atoms with Crippen molar-refractivity contribution in [1.29, 1.82) is 0 Å². The summed E-state index contributed by atoms with van der Waals surface area (Å²) in [6.45, 7) is 3.08. The smallest absolute Gasteiger partial charge is 0.0946 e. The third-order valence-corrected chi connectivity index (χ3v) is 6.77. The number of halogens is 3. The van der Waals surface area contributed by atoms with Crippen LogP contribution in [0.25, 0.3) is 0 Å². The summed E-state index contributed by atoms with van der Waals surface area (Å²) in [4.78, 5) is 5.16. The van der Waals surface area contributed by atoms with Crippen LogP contribution >= 0.6 is 46.6 Å². The summed E-state index contributed by atoms with van der Waals surface area (Å²) in [6.07, 6.45) is 7.56. The van der Waals surface area contributed by atoms with E-state index in [0.29, 0.717) is 10.0 Å². The van der Waals surface area contributed by atoms with E-state index in [-0.39, 0.29) is 4.75 Å². The monoisotopic (exact) mass is 424 g/mol. The van der Waals surface area contributed by atoms with Crippen molar-refractivity contribution in [2.45, 2.75) is 36.0 Å². The number of aromatic nitrogens is 2. The molecule has 26 heavy (non-hydrogen) atoms. The molecule has 136 valence electrons. The zero-order valence-corrected chi connectivity index (χ0v) is 17.4. The van der Waals surface area contributed by atoms with Crippen molar-refractivity contribution >= 4 is 46.6 Å². The molecule has 0 aliphatic rings. The Bertz CT molecular complexity index is 850. The molecule has 0 saturated heterocycles. The number of rotatable bonds is 7. The summed E-state index contributed by atoms with van der Waals surface area (Å²) in [7, 11) is 0. The molecule has 0 bridgehead atoms. The summed E-state index contributed by atoms with van der Waals surface area (Å²) >= 11 is 20.4. The highest BCUT2D eigenvalue weighted by Crippen LogP contribution is 2.42. The highest BCUT2D eigenvalue weighted by Gasteiger charge is 2.27. The number of imidazole rings is 1. The minimum atomic E-state index is -0.0747. The van der Waals surface area contributed by atoms with Crippen LogP contribution in [0.2, 0.25) is 15.1 Å². The first kappa shape index (κ1) is 19.6. The van der Waals surface area contributed by atoms with E-state index in [1.807, 2.05) is 42.9 Å². The van der Waals surface area contributed by atoms with Crippen molar-refractivity contribution in [3.05, 3.63) is 81.8 Å². The summed E-state index contributed by atoms with van der Waals surface area (Å²) < 4.78 is 2.03. The van der Waals surface area contributed by atoms with Gasteiger partial charge < -0.3 is 4.57 Å². The number of nitrogens with zero attached hydrogens (tertiary/aromatic N) is 2. The van der Waals surface area contributed by atoms with E-state index in [1.165, 1.54) is 5.56 Å². The van der Waals surface area contributed by atoms with E-state index in [0.717, 1.165) is 29.3 Å². The molecule has 1 unspecified atom stereocenters. The quantitative estimate of drug-likeness (QED) is 0.378. The summed E-state index contributed by atoms with van der Waals surface area (Å²) in [6, 6.07) is 13.8. The lowest BCUT2D eigenvalue weighted by Crippen LogP contribution is -2.27. The van der Waals surface area contributed by atoms with Crippen molar-refractivity contribution in [2.24, 2.45) is 0 Å². The molecule has 1 heterocycles. The van der Waals surface area contributed by atoms with Crippen molar-refractivity contribution in [3.63, 3.8) is 0 Å². The van der Waals surface area contributed by atoms with Crippen molar-refractivity contribution in [1.82, 2.24) is 9.55 Å². The Balaban J connectivity index is 1.81. The van der Waals surface area contributed by atoms with E-state index >= 15 is 0 Å². The molecule has 0 saturated carbocycles. The Morgan fingerprint density at radius 3 is 2.54 bits per heavy atom. The van der Waals surface area contributed by atoms with E-state index in [1.54, 1.807) is 18.0 Å². The lowest BCUT2D eigenvalue weighted by Gasteiger charge is -2.30. The summed E-state index contributed by atoms with van der Waals surface area (Å²) in [5, 5.41) is 1.96. The van der Waals surface area contributed by atoms with Crippen LogP contribution in [0.4, 0.5) is 0 Å². The van der Waals surface area contributed by atoms with Gasteiger partial charge in [0.15, 0.2) is 0 Å². The molecule has 1 atom stereocenters. The molecule has 0 aliphatic carbocycles. The van der Waals surface area contributed by atoms with Gasteiger partial charge in [0.25, 0.3) is 0 Å². The van der Waals surface area contributed by atoms with Crippen LogP contribution in [0.1, 0.15) is 18.9 Å². The van der Waals surface area contributed by atoms with E-state index in [2.05, 4.69) is 28.6 Å². The molecule has 0 N–H and O–H groups in total. The SMILES string of the molecule is CC(CCc1ccc(Cl)cc1)(Cn1ccnc1)Sc1cccc(Cl)c1Cl. The average Bonchev–Trinajstić information content (AvgIpc) is 3.11. The van der Waals surface area contributed by atoms with Gasteiger partial charge in [0.1, 0.15) is 0 Å². The van der Waals surface area contributed by atoms with Gasteiger partial charge in [0.05, 0.1) is 16.4 Å². The molecule has 0 amide bonds. The Morgan fingerprint density at radius 1 is 1.08 bits per heavy atom. The third kappa shape index (κ3) is 5.20. The minimum Gasteiger partial charge on any atom is -0.336 e. The van der Waals surface area contributed by atoms with Gasteiger partial charge in [-0.05, 0) is 49.6 Å². The van der Waals surface area contributed by atoms with Crippen molar-refractivity contribution in [2.75, 3.05) is 0 Å². The van der Waals surface area contributed by atoms with Crippen LogP contribution in [-0.4, -0.2) is 14.3 Å². The summed E-state index contributed by atoms with van der Waals surface area (Å²) in [5.41, 5.74) is 1.27. The second-order valence-electron chi connectivity index (χ2n) is 6.47. The molecule has 3 aromatic rings. The number of thioether (sulfide) groups is 1. The first-order chi connectivity index (χ1) is 12.5. The second-order valence-corrected chi connectivity index (χ2v) is 9.32. The molecular formula is C20H19Cl3N2S. The van der Waals surface area contributed by atoms with Gasteiger partial charge >= 0.3 is 0 Å². The van der Waals surface area contributed by atoms with Crippen molar-refractivity contribution in [3.8, 4) is 0 Å². The number of benzene rings is 2. The first-order valence-corrected chi connectivity index (χ1v) is 10.2. The van der Waals surface area contributed by atoms with Crippen LogP contribution < -0.4 is 0 Å². The normalized spacial score (nSPS) is 13.5. The molecule has 1 aromatic heterocycles. The first-order valence-electron chi connectivity index (χ1n) is 8.28. The Hall–Kier alpha value is -1.13.